The molecule has 160 valence electrons. The van der Waals surface area contributed by atoms with Crippen LogP contribution in [0.2, 0.25) is 0 Å². The molecule has 7 heteroatoms. The maximum atomic E-state index is 12.7. The molecule has 0 aliphatic rings. The number of esters is 2. The summed E-state index contributed by atoms with van der Waals surface area (Å²) in [5.74, 6) is -1.53. The number of amides is 1. The Hall–Kier alpha value is -3.92. The fraction of sp³-hybridized carbons (Fsp3) is 0.250. The van der Waals surface area contributed by atoms with Crippen LogP contribution in [0.5, 0.6) is 0 Å². The number of nitriles is 1. The molecule has 0 saturated carbocycles. The number of ether oxygens (including phenoxy) is 2. The molecule has 2 rings (SSSR count). The van der Waals surface area contributed by atoms with Gasteiger partial charge in [0.1, 0.15) is 0 Å². The third-order valence-corrected chi connectivity index (χ3v) is 4.35. The Morgan fingerprint density at radius 3 is 2.29 bits per heavy atom. The first-order valence-electron chi connectivity index (χ1n) is 9.63. The van der Waals surface area contributed by atoms with Crippen LogP contribution in [-0.4, -0.2) is 38.1 Å². The molecule has 1 amide bonds. The van der Waals surface area contributed by atoms with Gasteiger partial charge in [0, 0.05) is 18.3 Å². The van der Waals surface area contributed by atoms with Crippen LogP contribution in [0.25, 0.3) is 6.08 Å². The number of methoxy groups -OCH3 is 1. The van der Waals surface area contributed by atoms with Crippen molar-refractivity contribution in [3.05, 3.63) is 70.8 Å². The summed E-state index contributed by atoms with van der Waals surface area (Å²) in [4.78, 5) is 37.6. The average Bonchev–Trinajstić information content (AvgIpc) is 2.75. The molecule has 0 bridgehead atoms. The van der Waals surface area contributed by atoms with Crippen LogP contribution >= 0.6 is 0 Å². The van der Waals surface area contributed by atoms with E-state index >= 15 is 0 Å². The molecule has 7 nitrogen and oxygen atoms in total. The number of carbonyl (C=O) groups is 3. The third kappa shape index (κ3) is 7.12. The minimum Gasteiger partial charge on any atom is -0.465 e. The zero-order chi connectivity index (χ0) is 22.8. The molecule has 2 aromatic rings. The second kappa shape index (κ2) is 11.3. The largest absolute Gasteiger partial charge is 0.465 e. The van der Waals surface area contributed by atoms with Crippen molar-refractivity contribution >= 4 is 29.6 Å². The highest BCUT2D eigenvalue weighted by Gasteiger charge is 2.17. The molecule has 0 heterocycles. The lowest BCUT2D eigenvalue weighted by Gasteiger charge is -2.22. The molecule has 0 N–H and O–H groups in total. The molecule has 0 spiro atoms. The van der Waals surface area contributed by atoms with Crippen LogP contribution in [0, 0.1) is 25.2 Å². The van der Waals surface area contributed by atoms with Gasteiger partial charge in [-0.1, -0.05) is 18.2 Å². The minimum absolute atomic E-state index is 0.161. The molecule has 0 fully saturated rings. The van der Waals surface area contributed by atoms with E-state index in [2.05, 4.69) is 4.74 Å². The van der Waals surface area contributed by atoms with Crippen LogP contribution in [0.15, 0.2) is 48.5 Å². The van der Waals surface area contributed by atoms with E-state index in [4.69, 9.17) is 10.00 Å². The summed E-state index contributed by atoms with van der Waals surface area (Å²) in [6.07, 6.45) is 2.89. The van der Waals surface area contributed by atoms with Gasteiger partial charge in [0.25, 0.3) is 5.91 Å². The lowest BCUT2D eigenvalue weighted by molar-refractivity contribution is -0.142. The van der Waals surface area contributed by atoms with E-state index in [-0.39, 0.29) is 13.0 Å². The van der Waals surface area contributed by atoms with Crippen molar-refractivity contribution in [2.45, 2.75) is 20.3 Å². The normalized spacial score (nSPS) is 10.4. The van der Waals surface area contributed by atoms with Crippen LogP contribution in [0.1, 0.15) is 33.5 Å². The zero-order valence-electron chi connectivity index (χ0n) is 17.8. The van der Waals surface area contributed by atoms with Gasteiger partial charge < -0.3 is 14.4 Å². The summed E-state index contributed by atoms with van der Waals surface area (Å²) < 4.78 is 9.71. The molecule has 0 aliphatic heterocycles. The van der Waals surface area contributed by atoms with Gasteiger partial charge in [0.15, 0.2) is 6.61 Å². The Morgan fingerprint density at radius 1 is 1.06 bits per heavy atom. The van der Waals surface area contributed by atoms with E-state index in [9.17, 15) is 14.4 Å². The third-order valence-electron chi connectivity index (χ3n) is 4.35. The van der Waals surface area contributed by atoms with Crippen molar-refractivity contribution in [2.75, 3.05) is 25.2 Å². The van der Waals surface area contributed by atoms with E-state index in [0.717, 1.165) is 11.1 Å². The van der Waals surface area contributed by atoms with Crippen molar-refractivity contribution in [3.63, 3.8) is 0 Å². The second-order valence-corrected chi connectivity index (χ2v) is 6.85. The second-order valence-electron chi connectivity index (χ2n) is 6.85. The Labute approximate surface area is 181 Å². The van der Waals surface area contributed by atoms with Gasteiger partial charge in [-0.05, 0) is 60.9 Å². The number of carbonyl (C=O) groups excluding carboxylic acids is 3. The fourth-order valence-corrected chi connectivity index (χ4v) is 2.94. The Bertz CT molecular complexity index is 999. The number of aryl methyl sites for hydroxylation is 2. The van der Waals surface area contributed by atoms with Crippen molar-refractivity contribution in [1.82, 2.24) is 0 Å². The molecule has 0 aliphatic carbocycles. The zero-order valence-corrected chi connectivity index (χ0v) is 17.8. The predicted octanol–water partition coefficient (Wildman–Crippen LogP) is 3.59. The van der Waals surface area contributed by atoms with Crippen LogP contribution < -0.4 is 4.90 Å². The van der Waals surface area contributed by atoms with E-state index in [0.29, 0.717) is 16.8 Å². The highest BCUT2D eigenvalue weighted by Crippen LogP contribution is 2.19. The molecule has 0 aromatic heterocycles. The van der Waals surface area contributed by atoms with Crippen molar-refractivity contribution in [2.24, 2.45) is 0 Å². The topological polar surface area (TPSA) is 96.7 Å². The molecular weight excluding hydrogens is 396 g/mol. The van der Waals surface area contributed by atoms with Gasteiger partial charge in [-0.3, -0.25) is 4.79 Å². The van der Waals surface area contributed by atoms with Crippen LogP contribution in [-0.2, 0) is 19.1 Å². The average molecular weight is 420 g/mol. The summed E-state index contributed by atoms with van der Waals surface area (Å²) in [5.41, 5.74) is 3.72. The molecular formula is C24H24N2O5. The van der Waals surface area contributed by atoms with E-state index in [1.54, 1.807) is 24.3 Å². The first-order chi connectivity index (χ1) is 14.8. The van der Waals surface area contributed by atoms with Crippen LogP contribution in [0.3, 0.4) is 0 Å². The molecule has 0 radical (unpaired) electrons. The van der Waals surface area contributed by atoms with Gasteiger partial charge in [0.05, 0.1) is 25.2 Å². The Balaban J connectivity index is 1.99. The van der Waals surface area contributed by atoms with Gasteiger partial charge in [-0.25, -0.2) is 9.59 Å². The number of hydrogen-bond acceptors (Lipinski definition) is 6. The first kappa shape index (κ1) is 23.4. The summed E-state index contributed by atoms with van der Waals surface area (Å²) in [5, 5.41) is 8.90. The fourth-order valence-electron chi connectivity index (χ4n) is 2.94. The molecule has 2 aromatic carbocycles. The maximum absolute atomic E-state index is 12.7. The standard InChI is InChI=1S/C24H24N2O5/c1-17-13-18(2)15-21(14-17)26(12-4-11-25)22(27)16-31-23(28)10-7-19-5-8-20(9-6-19)24(29)30-3/h5-10,13-15H,4,12,16H2,1-3H3/b10-7+. The van der Waals surface area contributed by atoms with E-state index < -0.39 is 24.5 Å². The lowest BCUT2D eigenvalue weighted by Crippen LogP contribution is -2.35. The van der Waals surface area contributed by atoms with Gasteiger partial charge >= 0.3 is 11.9 Å². The summed E-state index contributed by atoms with van der Waals surface area (Å²) in [7, 11) is 1.30. The highest BCUT2D eigenvalue weighted by atomic mass is 16.5. The smallest absolute Gasteiger partial charge is 0.337 e. The molecule has 0 saturated heterocycles. The van der Waals surface area contributed by atoms with Crippen LogP contribution in [0.4, 0.5) is 5.69 Å². The van der Waals surface area contributed by atoms with Crippen molar-refractivity contribution in [1.29, 1.82) is 5.26 Å². The minimum atomic E-state index is -0.675. The maximum Gasteiger partial charge on any atom is 0.337 e. The molecule has 31 heavy (non-hydrogen) atoms. The Morgan fingerprint density at radius 2 is 1.71 bits per heavy atom. The quantitative estimate of drug-likeness (QED) is 0.478. The lowest BCUT2D eigenvalue weighted by atomic mass is 10.1. The summed E-state index contributed by atoms with van der Waals surface area (Å²) in [6.45, 7) is 3.61. The predicted molar refractivity (Wildman–Crippen MR) is 116 cm³/mol. The number of anilines is 1. The van der Waals surface area contributed by atoms with Gasteiger partial charge in [0.2, 0.25) is 0 Å². The van der Waals surface area contributed by atoms with E-state index in [1.807, 2.05) is 38.1 Å². The number of nitrogens with zero attached hydrogens (tertiary/aromatic N) is 2. The highest BCUT2D eigenvalue weighted by molar-refractivity contribution is 5.96. The first-order valence-corrected chi connectivity index (χ1v) is 9.63. The summed E-state index contributed by atoms with van der Waals surface area (Å²) >= 11 is 0. The van der Waals surface area contributed by atoms with Crippen molar-refractivity contribution in [3.8, 4) is 6.07 Å². The number of benzene rings is 2. The molecule has 0 atom stereocenters. The molecule has 0 unspecified atom stereocenters. The van der Waals surface area contributed by atoms with E-state index in [1.165, 1.54) is 24.2 Å². The SMILES string of the molecule is COC(=O)c1ccc(/C=C/C(=O)OCC(=O)N(CCC#N)c2cc(C)cc(C)c2)cc1. The number of rotatable bonds is 8. The Kier molecular flexibility index (Phi) is 8.52. The summed E-state index contributed by atoms with van der Waals surface area (Å²) in [6, 6.07) is 14.2. The van der Waals surface area contributed by atoms with Gasteiger partial charge in [-0.2, -0.15) is 5.26 Å². The number of hydrogen-bond donors (Lipinski definition) is 0. The van der Waals surface area contributed by atoms with Crippen molar-refractivity contribution < 1.29 is 23.9 Å². The van der Waals surface area contributed by atoms with Gasteiger partial charge in [-0.15, -0.1) is 0 Å². The monoisotopic (exact) mass is 420 g/mol.